The van der Waals surface area contributed by atoms with Crippen LogP contribution in [-0.4, -0.2) is 27.4 Å². The van der Waals surface area contributed by atoms with E-state index in [4.69, 9.17) is 5.11 Å². The van der Waals surface area contributed by atoms with Crippen LogP contribution in [0.5, 0.6) is 0 Å². The van der Waals surface area contributed by atoms with Crippen LogP contribution in [0.1, 0.15) is 17.1 Å². The molecule has 1 aliphatic rings. The summed E-state index contributed by atoms with van der Waals surface area (Å²) in [5.74, 6) is 2.41. The summed E-state index contributed by atoms with van der Waals surface area (Å²) in [6, 6.07) is 0. The molecule has 0 aromatic carbocycles. The van der Waals surface area contributed by atoms with Gasteiger partial charge in [-0.15, -0.1) is 0 Å². The number of aromatic nitrogens is 2. The number of fused-ring (bicyclic) bond motifs is 1. The summed E-state index contributed by atoms with van der Waals surface area (Å²) in [5.41, 5.74) is 1.69. The Labute approximate surface area is 85.8 Å². The molecular weight excluding hydrogens is 200 g/mol. The normalized spacial score (nSPS) is 15.2. The molecule has 0 radical (unpaired) electrons. The fourth-order valence-corrected chi connectivity index (χ4v) is 2.47. The molecule has 2 N–H and O–H groups in total. The van der Waals surface area contributed by atoms with Gasteiger partial charge in [-0.25, -0.2) is 4.98 Å². The van der Waals surface area contributed by atoms with Crippen LogP contribution in [-0.2, 0) is 18.6 Å². The Morgan fingerprint density at radius 3 is 3.21 bits per heavy atom. The van der Waals surface area contributed by atoms with Crippen molar-refractivity contribution in [2.75, 3.05) is 12.4 Å². The number of nitrogens with zero attached hydrogens (tertiary/aromatic N) is 1. The molecular formula is C9H12N2O2S. The molecule has 5 heteroatoms. The Balaban J connectivity index is 2.41. The van der Waals surface area contributed by atoms with E-state index in [1.54, 1.807) is 11.8 Å². The topological polar surface area (TPSA) is 66.0 Å². The summed E-state index contributed by atoms with van der Waals surface area (Å²) in [6.07, 6.45) is 1.23. The molecule has 0 saturated heterocycles. The predicted octanol–water partition coefficient (Wildman–Crippen LogP) is 0.0940. The minimum atomic E-state index is -0.0289. The zero-order valence-electron chi connectivity index (χ0n) is 7.75. The standard InChI is InChI=1S/C9H12N2O2S/c12-3-1-8-10-7-5-14-4-2-6(7)9(13)11-8/h12H,1-5H2,(H,10,11,13). The number of nitrogens with one attached hydrogen (secondary N) is 1. The maximum Gasteiger partial charge on any atom is 0.254 e. The number of hydrogen-bond donors (Lipinski definition) is 2. The van der Waals surface area contributed by atoms with Gasteiger partial charge in [-0.2, -0.15) is 11.8 Å². The lowest BCUT2D eigenvalue weighted by Crippen LogP contribution is -2.23. The van der Waals surface area contributed by atoms with Crippen LogP contribution in [0.25, 0.3) is 0 Å². The number of aliphatic hydroxyl groups excluding tert-OH is 1. The molecule has 0 aliphatic carbocycles. The second kappa shape index (κ2) is 4.14. The lowest BCUT2D eigenvalue weighted by atomic mass is 10.2. The average molecular weight is 212 g/mol. The lowest BCUT2D eigenvalue weighted by Gasteiger charge is -2.13. The predicted molar refractivity (Wildman–Crippen MR) is 55.5 cm³/mol. The highest BCUT2D eigenvalue weighted by atomic mass is 32.2. The molecule has 2 rings (SSSR count). The molecule has 14 heavy (non-hydrogen) atoms. The smallest absolute Gasteiger partial charge is 0.254 e. The van der Waals surface area contributed by atoms with Gasteiger partial charge in [0.15, 0.2) is 0 Å². The Morgan fingerprint density at radius 1 is 1.57 bits per heavy atom. The first-order chi connectivity index (χ1) is 6.81. The second-order valence-corrected chi connectivity index (χ2v) is 4.32. The van der Waals surface area contributed by atoms with Gasteiger partial charge in [-0.3, -0.25) is 4.79 Å². The van der Waals surface area contributed by atoms with E-state index in [0.717, 1.165) is 29.2 Å². The molecule has 4 nitrogen and oxygen atoms in total. The first-order valence-electron chi connectivity index (χ1n) is 4.61. The SMILES string of the molecule is O=c1[nH]c(CCO)nc2c1CCSC2. The third-order valence-corrected chi connectivity index (χ3v) is 3.20. The van der Waals surface area contributed by atoms with Gasteiger partial charge in [0.25, 0.3) is 5.56 Å². The maximum atomic E-state index is 11.6. The van der Waals surface area contributed by atoms with E-state index in [1.807, 2.05) is 0 Å². The Kier molecular flexibility index (Phi) is 2.88. The lowest BCUT2D eigenvalue weighted by molar-refractivity contribution is 0.296. The summed E-state index contributed by atoms with van der Waals surface area (Å²) in [6.45, 7) is 0.0227. The molecule has 1 aromatic heterocycles. The molecule has 0 spiro atoms. The Morgan fingerprint density at radius 2 is 2.43 bits per heavy atom. The quantitative estimate of drug-likeness (QED) is 0.729. The van der Waals surface area contributed by atoms with Crippen molar-refractivity contribution in [1.29, 1.82) is 0 Å². The number of thioether (sulfide) groups is 1. The van der Waals surface area contributed by atoms with Crippen molar-refractivity contribution in [1.82, 2.24) is 9.97 Å². The zero-order valence-corrected chi connectivity index (χ0v) is 8.56. The summed E-state index contributed by atoms with van der Waals surface area (Å²) >= 11 is 1.80. The highest BCUT2D eigenvalue weighted by Crippen LogP contribution is 2.19. The molecule has 0 bridgehead atoms. The zero-order chi connectivity index (χ0) is 9.97. The van der Waals surface area contributed by atoms with Crippen LogP contribution in [0.15, 0.2) is 4.79 Å². The Bertz CT molecular complexity index is 389. The van der Waals surface area contributed by atoms with Crippen molar-refractivity contribution in [3.63, 3.8) is 0 Å². The van der Waals surface area contributed by atoms with Gasteiger partial charge in [-0.1, -0.05) is 0 Å². The van der Waals surface area contributed by atoms with E-state index in [1.165, 1.54) is 0 Å². The van der Waals surface area contributed by atoms with Crippen LogP contribution in [0.2, 0.25) is 0 Å². The number of rotatable bonds is 2. The highest BCUT2D eigenvalue weighted by Gasteiger charge is 2.15. The number of H-pyrrole nitrogens is 1. The second-order valence-electron chi connectivity index (χ2n) is 3.21. The first kappa shape index (κ1) is 9.73. The van der Waals surface area contributed by atoms with Crippen molar-refractivity contribution in [2.45, 2.75) is 18.6 Å². The van der Waals surface area contributed by atoms with Gasteiger partial charge in [-0.05, 0) is 12.2 Å². The summed E-state index contributed by atoms with van der Waals surface area (Å²) in [4.78, 5) is 18.6. The summed E-state index contributed by atoms with van der Waals surface area (Å²) in [5, 5.41) is 8.75. The van der Waals surface area contributed by atoms with E-state index >= 15 is 0 Å². The molecule has 0 atom stereocenters. The van der Waals surface area contributed by atoms with Gasteiger partial charge < -0.3 is 10.1 Å². The van der Waals surface area contributed by atoms with Crippen molar-refractivity contribution in [3.05, 3.63) is 27.4 Å². The molecule has 76 valence electrons. The van der Waals surface area contributed by atoms with Crippen LogP contribution >= 0.6 is 11.8 Å². The molecule has 1 aromatic rings. The molecule has 0 amide bonds. The van der Waals surface area contributed by atoms with Crippen molar-refractivity contribution in [3.8, 4) is 0 Å². The van der Waals surface area contributed by atoms with Gasteiger partial charge in [0.05, 0.1) is 12.3 Å². The minimum Gasteiger partial charge on any atom is -0.396 e. The third-order valence-electron chi connectivity index (χ3n) is 2.23. The van der Waals surface area contributed by atoms with E-state index < -0.39 is 0 Å². The molecule has 0 saturated carbocycles. The fraction of sp³-hybridized carbons (Fsp3) is 0.556. The number of aromatic amines is 1. The largest absolute Gasteiger partial charge is 0.396 e. The first-order valence-corrected chi connectivity index (χ1v) is 5.76. The Hall–Kier alpha value is -0.810. The summed E-state index contributed by atoms with van der Waals surface area (Å²) in [7, 11) is 0. The number of hydrogen-bond acceptors (Lipinski definition) is 4. The van der Waals surface area contributed by atoms with Gasteiger partial charge in [0.1, 0.15) is 5.82 Å². The molecule has 1 aliphatic heterocycles. The van der Waals surface area contributed by atoms with E-state index in [9.17, 15) is 4.79 Å². The third kappa shape index (κ3) is 1.83. The van der Waals surface area contributed by atoms with E-state index in [0.29, 0.717) is 12.2 Å². The summed E-state index contributed by atoms with van der Waals surface area (Å²) < 4.78 is 0. The van der Waals surface area contributed by atoms with Gasteiger partial charge in [0, 0.05) is 17.7 Å². The van der Waals surface area contributed by atoms with Crippen molar-refractivity contribution >= 4 is 11.8 Å². The van der Waals surface area contributed by atoms with E-state index in [-0.39, 0.29) is 12.2 Å². The van der Waals surface area contributed by atoms with Gasteiger partial charge in [0.2, 0.25) is 0 Å². The van der Waals surface area contributed by atoms with Crippen LogP contribution in [0.4, 0.5) is 0 Å². The van der Waals surface area contributed by atoms with E-state index in [2.05, 4.69) is 9.97 Å². The fourth-order valence-electron chi connectivity index (χ4n) is 1.54. The van der Waals surface area contributed by atoms with Crippen molar-refractivity contribution in [2.24, 2.45) is 0 Å². The van der Waals surface area contributed by atoms with Crippen LogP contribution in [0, 0.1) is 0 Å². The highest BCUT2D eigenvalue weighted by molar-refractivity contribution is 7.98. The monoisotopic (exact) mass is 212 g/mol. The van der Waals surface area contributed by atoms with Crippen LogP contribution < -0.4 is 5.56 Å². The van der Waals surface area contributed by atoms with Crippen LogP contribution in [0.3, 0.4) is 0 Å². The average Bonchev–Trinajstić information content (AvgIpc) is 2.18. The minimum absolute atomic E-state index is 0.0227. The number of aliphatic hydroxyl groups is 1. The molecule has 0 fully saturated rings. The maximum absolute atomic E-state index is 11.6. The van der Waals surface area contributed by atoms with Crippen molar-refractivity contribution < 1.29 is 5.11 Å². The van der Waals surface area contributed by atoms with Gasteiger partial charge >= 0.3 is 0 Å². The molecule has 2 heterocycles. The molecule has 0 unspecified atom stereocenters.